The van der Waals surface area contributed by atoms with Gasteiger partial charge in [0.2, 0.25) is 5.91 Å². The van der Waals surface area contributed by atoms with Crippen molar-refractivity contribution in [3.8, 4) is 5.75 Å². The van der Waals surface area contributed by atoms with E-state index in [-0.39, 0.29) is 12.0 Å². The molecular weight excluding hydrogens is 430 g/mol. The van der Waals surface area contributed by atoms with Crippen LogP contribution >= 0.6 is 0 Å². The predicted octanol–water partition coefficient (Wildman–Crippen LogP) is 4.17. The Bertz CT molecular complexity index is 979. The molecule has 184 valence electrons. The van der Waals surface area contributed by atoms with Crippen LogP contribution < -0.4 is 9.64 Å². The molecule has 2 saturated heterocycles. The van der Waals surface area contributed by atoms with Crippen LogP contribution in [0.4, 0.5) is 5.82 Å². The van der Waals surface area contributed by atoms with Crippen molar-refractivity contribution in [3.63, 3.8) is 0 Å². The van der Waals surface area contributed by atoms with Crippen molar-refractivity contribution in [1.82, 2.24) is 9.88 Å². The second-order valence-electron chi connectivity index (χ2n) is 9.89. The van der Waals surface area contributed by atoms with Gasteiger partial charge in [0.25, 0.3) is 0 Å². The highest BCUT2D eigenvalue weighted by Crippen LogP contribution is 2.31. The summed E-state index contributed by atoms with van der Waals surface area (Å²) >= 11 is 0. The number of carbonyl (C=O) groups excluding carboxylic acids is 1. The Morgan fingerprint density at radius 1 is 1.12 bits per heavy atom. The number of carbonyl (C=O) groups is 1. The standard InChI is InChI=1S/C27H37N3O4/c1-32-23-9-8-21-16-22(27(28-25(21)17-23)29-10-13-33-14-11-29)18-30(19-24-7-4-12-34-24)26(31)15-20-5-2-3-6-20/h8-9,16-17,20,24H,2-7,10-15,18-19H2,1H3/t24-/m0/s1. The zero-order chi connectivity index (χ0) is 23.3. The third-order valence-electron chi connectivity index (χ3n) is 7.49. The number of hydrogen-bond acceptors (Lipinski definition) is 6. The average molecular weight is 468 g/mol. The third-order valence-corrected chi connectivity index (χ3v) is 7.49. The summed E-state index contributed by atoms with van der Waals surface area (Å²) in [6.07, 6.45) is 7.75. The molecule has 2 aromatic rings. The van der Waals surface area contributed by atoms with Gasteiger partial charge in [-0.25, -0.2) is 4.98 Å². The Kier molecular flexibility index (Phi) is 7.50. The third kappa shape index (κ3) is 5.47. The summed E-state index contributed by atoms with van der Waals surface area (Å²) < 4.78 is 17.0. The van der Waals surface area contributed by atoms with E-state index in [1.165, 1.54) is 25.7 Å². The van der Waals surface area contributed by atoms with Crippen molar-refractivity contribution in [2.24, 2.45) is 5.92 Å². The van der Waals surface area contributed by atoms with Crippen LogP contribution in [0.1, 0.15) is 50.5 Å². The van der Waals surface area contributed by atoms with Gasteiger partial charge in [-0.2, -0.15) is 0 Å². The number of amides is 1. The number of morpholine rings is 1. The summed E-state index contributed by atoms with van der Waals surface area (Å²) in [6, 6.07) is 8.21. The Morgan fingerprint density at radius 2 is 1.94 bits per heavy atom. The van der Waals surface area contributed by atoms with Crippen LogP contribution in [0.2, 0.25) is 0 Å². The molecule has 1 amide bonds. The molecule has 0 unspecified atom stereocenters. The van der Waals surface area contributed by atoms with E-state index < -0.39 is 0 Å². The van der Waals surface area contributed by atoms with Crippen LogP contribution in [0.25, 0.3) is 10.9 Å². The van der Waals surface area contributed by atoms with Crippen LogP contribution in [-0.4, -0.2) is 68.5 Å². The minimum atomic E-state index is 0.136. The number of rotatable bonds is 8. The van der Waals surface area contributed by atoms with E-state index in [1.807, 2.05) is 17.0 Å². The molecule has 1 aromatic heterocycles. The lowest BCUT2D eigenvalue weighted by atomic mass is 10.0. The van der Waals surface area contributed by atoms with Gasteiger partial charge in [-0.05, 0) is 49.8 Å². The number of benzene rings is 1. The van der Waals surface area contributed by atoms with Crippen molar-refractivity contribution in [3.05, 3.63) is 29.8 Å². The van der Waals surface area contributed by atoms with Crippen LogP contribution in [0, 0.1) is 5.92 Å². The Labute approximate surface area is 202 Å². The fraction of sp³-hybridized carbons (Fsp3) is 0.630. The maximum Gasteiger partial charge on any atom is 0.223 e. The first-order valence-electron chi connectivity index (χ1n) is 12.9. The van der Waals surface area contributed by atoms with E-state index in [4.69, 9.17) is 19.2 Å². The van der Waals surface area contributed by atoms with E-state index in [0.717, 1.165) is 60.6 Å². The van der Waals surface area contributed by atoms with Crippen molar-refractivity contribution >= 4 is 22.6 Å². The first kappa shape index (κ1) is 23.4. The van der Waals surface area contributed by atoms with Gasteiger partial charge >= 0.3 is 0 Å². The van der Waals surface area contributed by atoms with Gasteiger partial charge in [-0.15, -0.1) is 0 Å². The Balaban J connectivity index is 1.46. The molecule has 3 heterocycles. The van der Waals surface area contributed by atoms with Crippen molar-refractivity contribution in [2.75, 3.05) is 51.5 Å². The molecule has 5 rings (SSSR count). The molecule has 3 aliphatic rings. The number of ether oxygens (including phenoxy) is 3. The number of methoxy groups -OCH3 is 1. The molecule has 7 heteroatoms. The molecule has 0 N–H and O–H groups in total. The molecule has 3 fully saturated rings. The summed E-state index contributed by atoms with van der Waals surface area (Å²) in [5, 5.41) is 1.06. The number of pyridine rings is 1. The summed E-state index contributed by atoms with van der Waals surface area (Å²) in [5.41, 5.74) is 2.00. The van der Waals surface area contributed by atoms with Gasteiger partial charge in [0.05, 0.1) is 31.9 Å². The number of aromatic nitrogens is 1. The average Bonchev–Trinajstić information content (AvgIpc) is 3.58. The summed E-state index contributed by atoms with van der Waals surface area (Å²) in [7, 11) is 1.68. The molecule has 1 aliphatic carbocycles. The quantitative estimate of drug-likeness (QED) is 0.581. The fourth-order valence-electron chi connectivity index (χ4n) is 5.56. The summed E-state index contributed by atoms with van der Waals surface area (Å²) in [4.78, 5) is 22.9. The van der Waals surface area contributed by atoms with Crippen LogP contribution in [0.15, 0.2) is 24.3 Å². The van der Waals surface area contributed by atoms with Crippen LogP contribution in [0.5, 0.6) is 5.75 Å². The lowest BCUT2D eigenvalue weighted by molar-refractivity contribution is -0.134. The summed E-state index contributed by atoms with van der Waals surface area (Å²) in [6.45, 7) is 5.01. The zero-order valence-corrected chi connectivity index (χ0v) is 20.3. The lowest BCUT2D eigenvalue weighted by Crippen LogP contribution is -2.40. The van der Waals surface area contributed by atoms with Gasteiger partial charge in [-0.1, -0.05) is 12.8 Å². The van der Waals surface area contributed by atoms with E-state index in [2.05, 4.69) is 17.0 Å². The molecule has 34 heavy (non-hydrogen) atoms. The zero-order valence-electron chi connectivity index (χ0n) is 20.3. The van der Waals surface area contributed by atoms with E-state index in [9.17, 15) is 4.79 Å². The fourth-order valence-corrected chi connectivity index (χ4v) is 5.56. The second-order valence-corrected chi connectivity index (χ2v) is 9.89. The van der Waals surface area contributed by atoms with E-state index in [0.29, 0.717) is 38.6 Å². The lowest BCUT2D eigenvalue weighted by Gasteiger charge is -2.32. The largest absolute Gasteiger partial charge is 0.497 e. The maximum atomic E-state index is 13.5. The maximum absolute atomic E-state index is 13.5. The van der Waals surface area contributed by atoms with Gasteiger partial charge in [0.1, 0.15) is 11.6 Å². The highest BCUT2D eigenvalue weighted by molar-refractivity contribution is 5.84. The minimum absolute atomic E-state index is 0.136. The topological polar surface area (TPSA) is 64.1 Å². The molecule has 0 bridgehead atoms. The molecule has 7 nitrogen and oxygen atoms in total. The minimum Gasteiger partial charge on any atom is -0.497 e. The molecule has 1 saturated carbocycles. The monoisotopic (exact) mass is 467 g/mol. The van der Waals surface area contributed by atoms with Gasteiger partial charge < -0.3 is 24.0 Å². The van der Waals surface area contributed by atoms with Gasteiger partial charge in [0, 0.05) is 56.2 Å². The van der Waals surface area contributed by atoms with Gasteiger partial charge in [-0.3, -0.25) is 4.79 Å². The molecule has 1 atom stereocenters. The van der Waals surface area contributed by atoms with Crippen molar-refractivity contribution in [1.29, 1.82) is 0 Å². The molecule has 1 aromatic carbocycles. The molecule has 2 aliphatic heterocycles. The first-order chi connectivity index (χ1) is 16.7. The smallest absolute Gasteiger partial charge is 0.223 e. The summed E-state index contributed by atoms with van der Waals surface area (Å²) in [5.74, 6) is 2.54. The Hall–Kier alpha value is -2.38. The predicted molar refractivity (Wildman–Crippen MR) is 132 cm³/mol. The first-order valence-corrected chi connectivity index (χ1v) is 12.9. The van der Waals surface area contributed by atoms with Crippen molar-refractivity contribution < 1.29 is 19.0 Å². The van der Waals surface area contributed by atoms with Gasteiger partial charge in [0.15, 0.2) is 0 Å². The molecular formula is C27H37N3O4. The molecule has 0 radical (unpaired) electrons. The van der Waals surface area contributed by atoms with Crippen molar-refractivity contribution in [2.45, 2.75) is 57.6 Å². The van der Waals surface area contributed by atoms with E-state index in [1.54, 1.807) is 7.11 Å². The highest BCUT2D eigenvalue weighted by atomic mass is 16.5. The van der Waals surface area contributed by atoms with E-state index >= 15 is 0 Å². The number of fused-ring (bicyclic) bond motifs is 1. The molecule has 0 spiro atoms. The number of anilines is 1. The second kappa shape index (κ2) is 10.9. The normalized spacial score (nSPS) is 21.3. The highest BCUT2D eigenvalue weighted by Gasteiger charge is 2.28. The van der Waals surface area contributed by atoms with Crippen LogP contribution in [-0.2, 0) is 20.8 Å². The Morgan fingerprint density at radius 3 is 2.68 bits per heavy atom. The number of hydrogen-bond donors (Lipinski definition) is 0. The van der Waals surface area contributed by atoms with Crippen LogP contribution in [0.3, 0.4) is 0 Å². The number of nitrogens with zero attached hydrogens (tertiary/aromatic N) is 3. The SMILES string of the molecule is COc1ccc2cc(CN(C[C@@H]3CCCO3)C(=O)CC3CCCC3)c(N3CCOCC3)nc2c1.